The van der Waals surface area contributed by atoms with Gasteiger partial charge in [-0.1, -0.05) is 11.6 Å². The minimum Gasteiger partial charge on any atom is -0.497 e. The second kappa shape index (κ2) is 5.79. The summed E-state index contributed by atoms with van der Waals surface area (Å²) in [7, 11) is 1.60. The smallest absolute Gasteiger partial charge is 0.337 e. The van der Waals surface area contributed by atoms with Crippen molar-refractivity contribution in [2.45, 2.75) is 6.92 Å². The maximum atomic E-state index is 10.8. The fourth-order valence-electron chi connectivity index (χ4n) is 1.68. The van der Waals surface area contributed by atoms with Gasteiger partial charge in [0.25, 0.3) is 0 Å². The summed E-state index contributed by atoms with van der Waals surface area (Å²) >= 11 is 6.02. The van der Waals surface area contributed by atoms with Gasteiger partial charge < -0.3 is 15.2 Å². The number of rotatable bonds is 4. The topological polar surface area (TPSA) is 71.5 Å². The summed E-state index contributed by atoms with van der Waals surface area (Å²) in [5.74, 6) is 0.102. The van der Waals surface area contributed by atoms with Crippen LogP contribution in [0.1, 0.15) is 15.9 Å². The van der Waals surface area contributed by atoms with Crippen LogP contribution >= 0.6 is 11.6 Å². The van der Waals surface area contributed by atoms with E-state index in [1.165, 1.54) is 12.3 Å². The van der Waals surface area contributed by atoms with E-state index in [2.05, 4.69) is 10.3 Å². The minimum atomic E-state index is -1.06. The molecule has 6 heteroatoms. The number of halogens is 1. The van der Waals surface area contributed by atoms with Crippen molar-refractivity contribution in [2.75, 3.05) is 12.4 Å². The molecular formula is C14H13ClN2O3. The lowest BCUT2D eigenvalue weighted by atomic mass is 10.2. The van der Waals surface area contributed by atoms with Crippen molar-refractivity contribution in [3.8, 4) is 5.75 Å². The van der Waals surface area contributed by atoms with Crippen molar-refractivity contribution in [1.82, 2.24) is 4.98 Å². The zero-order valence-electron chi connectivity index (χ0n) is 11.0. The van der Waals surface area contributed by atoms with E-state index in [0.717, 1.165) is 17.0 Å². The van der Waals surface area contributed by atoms with E-state index in [-0.39, 0.29) is 10.6 Å². The van der Waals surface area contributed by atoms with E-state index in [1.807, 2.05) is 25.1 Å². The molecule has 2 rings (SSSR count). The van der Waals surface area contributed by atoms with Gasteiger partial charge in [-0.3, -0.25) is 0 Å². The van der Waals surface area contributed by atoms with Crippen LogP contribution in [0.25, 0.3) is 0 Å². The molecule has 2 aromatic rings. The number of hydrogen-bond acceptors (Lipinski definition) is 4. The van der Waals surface area contributed by atoms with Crippen LogP contribution in [0.2, 0.25) is 5.02 Å². The van der Waals surface area contributed by atoms with Crippen molar-refractivity contribution in [3.05, 3.63) is 46.6 Å². The number of nitrogens with zero attached hydrogens (tertiary/aromatic N) is 1. The highest BCUT2D eigenvalue weighted by Gasteiger charge is 2.09. The van der Waals surface area contributed by atoms with E-state index in [0.29, 0.717) is 5.82 Å². The first kappa shape index (κ1) is 14.1. The number of benzene rings is 1. The summed E-state index contributed by atoms with van der Waals surface area (Å²) in [6, 6.07) is 6.89. The van der Waals surface area contributed by atoms with E-state index in [9.17, 15) is 4.79 Å². The monoisotopic (exact) mass is 292 g/mol. The molecular weight excluding hydrogens is 280 g/mol. The number of aromatic nitrogens is 1. The molecule has 0 aliphatic rings. The third-order valence-corrected chi connectivity index (χ3v) is 3.06. The molecule has 0 saturated carbocycles. The Morgan fingerprint density at radius 1 is 1.40 bits per heavy atom. The number of aromatic carboxylic acids is 1. The van der Waals surface area contributed by atoms with Gasteiger partial charge >= 0.3 is 5.97 Å². The normalized spacial score (nSPS) is 10.2. The molecule has 0 radical (unpaired) electrons. The average molecular weight is 293 g/mol. The third-order valence-electron chi connectivity index (χ3n) is 2.77. The Bertz CT molecular complexity index is 659. The van der Waals surface area contributed by atoms with Crippen molar-refractivity contribution in [2.24, 2.45) is 0 Å². The van der Waals surface area contributed by atoms with Crippen LogP contribution < -0.4 is 10.1 Å². The number of methoxy groups -OCH3 is 1. The largest absolute Gasteiger partial charge is 0.497 e. The highest BCUT2D eigenvalue weighted by atomic mass is 35.5. The molecule has 0 unspecified atom stereocenters. The molecule has 2 N–H and O–H groups in total. The van der Waals surface area contributed by atoms with Crippen LogP contribution in [0.4, 0.5) is 11.5 Å². The summed E-state index contributed by atoms with van der Waals surface area (Å²) in [6.45, 7) is 1.92. The van der Waals surface area contributed by atoms with E-state index in [4.69, 9.17) is 21.4 Å². The second-order valence-corrected chi connectivity index (χ2v) is 4.57. The Labute approximate surface area is 121 Å². The summed E-state index contributed by atoms with van der Waals surface area (Å²) < 4.78 is 5.13. The highest BCUT2D eigenvalue weighted by molar-refractivity contribution is 6.33. The molecule has 0 amide bonds. The number of carboxylic acids is 1. The first-order valence-corrected chi connectivity index (χ1v) is 6.19. The highest BCUT2D eigenvalue weighted by Crippen LogP contribution is 2.27. The second-order valence-electron chi connectivity index (χ2n) is 4.17. The number of pyridine rings is 1. The Hall–Kier alpha value is -2.27. The summed E-state index contributed by atoms with van der Waals surface area (Å²) in [4.78, 5) is 14.8. The molecule has 0 aliphatic carbocycles. The van der Waals surface area contributed by atoms with Crippen LogP contribution in [-0.4, -0.2) is 23.2 Å². The van der Waals surface area contributed by atoms with Gasteiger partial charge in [0.1, 0.15) is 11.6 Å². The van der Waals surface area contributed by atoms with Gasteiger partial charge in [-0.2, -0.15) is 0 Å². The predicted molar refractivity (Wildman–Crippen MR) is 77.2 cm³/mol. The lowest BCUT2D eigenvalue weighted by Gasteiger charge is -2.11. The number of anilines is 2. The van der Waals surface area contributed by atoms with Crippen molar-refractivity contribution in [3.63, 3.8) is 0 Å². The van der Waals surface area contributed by atoms with E-state index < -0.39 is 5.97 Å². The fraction of sp³-hybridized carbons (Fsp3) is 0.143. The zero-order valence-corrected chi connectivity index (χ0v) is 11.7. The van der Waals surface area contributed by atoms with Crippen molar-refractivity contribution in [1.29, 1.82) is 0 Å². The molecule has 1 aromatic heterocycles. The molecule has 5 nitrogen and oxygen atoms in total. The van der Waals surface area contributed by atoms with Gasteiger partial charge in [0.2, 0.25) is 0 Å². The quantitative estimate of drug-likeness (QED) is 0.902. The van der Waals surface area contributed by atoms with Gasteiger partial charge in [0, 0.05) is 11.9 Å². The summed E-state index contributed by atoms with van der Waals surface area (Å²) in [6.07, 6.45) is 1.26. The Morgan fingerprint density at radius 3 is 2.70 bits per heavy atom. The Morgan fingerprint density at radius 2 is 2.15 bits per heavy atom. The third kappa shape index (κ3) is 3.00. The summed E-state index contributed by atoms with van der Waals surface area (Å²) in [5, 5.41) is 12.2. The summed E-state index contributed by atoms with van der Waals surface area (Å²) in [5.41, 5.74) is 1.83. The van der Waals surface area contributed by atoms with Gasteiger partial charge in [-0.05, 0) is 36.8 Å². The predicted octanol–water partition coefficient (Wildman–Crippen LogP) is 3.49. The lowest BCUT2D eigenvalue weighted by molar-refractivity contribution is 0.0696. The first-order valence-electron chi connectivity index (χ1n) is 5.81. The molecule has 0 bridgehead atoms. The SMILES string of the molecule is COc1ccc(Nc2ncc(C(=O)O)cc2Cl)c(C)c1. The first-order chi connectivity index (χ1) is 9.51. The van der Waals surface area contributed by atoms with Crippen molar-refractivity contribution >= 4 is 29.1 Å². The minimum absolute atomic E-state index is 0.0482. The molecule has 1 heterocycles. The molecule has 0 aliphatic heterocycles. The number of nitrogens with one attached hydrogen (secondary N) is 1. The molecule has 0 saturated heterocycles. The van der Waals surface area contributed by atoms with Gasteiger partial charge in [-0.15, -0.1) is 0 Å². The maximum absolute atomic E-state index is 10.8. The Kier molecular flexibility index (Phi) is 4.10. The van der Waals surface area contributed by atoms with Crippen LogP contribution in [-0.2, 0) is 0 Å². The van der Waals surface area contributed by atoms with Gasteiger partial charge in [0.15, 0.2) is 0 Å². The number of carbonyl (C=O) groups is 1. The number of ether oxygens (including phenoxy) is 1. The van der Waals surface area contributed by atoms with Crippen LogP contribution in [0.15, 0.2) is 30.5 Å². The molecule has 0 atom stereocenters. The molecule has 1 aromatic carbocycles. The van der Waals surface area contributed by atoms with Gasteiger partial charge in [0.05, 0.1) is 17.7 Å². The molecule has 0 spiro atoms. The molecule has 104 valence electrons. The van der Waals surface area contributed by atoms with E-state index in [1.54, 1.807) is 7.11 Å². The van der Waals surface area contributed by atoms with Crippen LogP contribution in [0, 0.1) is 6.92 Å². The fourth-order valence-corrected chi connectivity index (χ4v) is 1.89. The lowest BCUT2D eigenvalue weighted by Crippen LogP contribution is -2.01. The average Bonchev–Trinajstić information content (AvgIpc) is 2.42. The molecule has 0 fully saturated rings. The number of aryl methyl sites for hydroxylation is 1. The van der Waals surface area contributed by atoms with Crippen LogP contribution in [0.3, 0.4) is 0 Å². The van der Waals surface area contributed by atoms with Crippen molar-refractivity contribution < 1.29 is 14.6 Å². The number of carboxylic acid groups (broad SMARTS) is 1. The zero-order chi connectivity index (χ0) is 14.7. The van der Waals surface area contributed by atoms with Crippen LogP contribution in [0.5, 0.6) is 5.75 Å². The number of hydrogen-bond donors (Lipinski definition) is 2. The Balaban J connectivity index is 2.28. The van der Waals surface area contributed by atoms with E-state index >= 15 is 0 Å². The maximum Gasteiger partial charge on any atom is 0.337 e. The van der Waals surface area contributed by atoms with Gasteiger partial charge in [-0.25, -0.2) is 9.78 Å². The molecule has 20 heavy (non-hydrogen) atoms. The standard InChI is InChI=1S/C14H13ClN2O3/c1-8-5-10(20-2)3-4-12(8)17-13-11(15)6-9(7-16-13)14(18)19/h3-7H,1-2H3,(H,16,17)(H,18,19).